The van der Waals surface area contributed by atoms with Gasteiger partial charge in [0.05, 0.1) is 0 Å². The molecule has 3 aromatic rings. The molecule has 2 nitrogen and oxygen atoms in total. The molecule has 95 valence electrons. The third-order valence-electron chi connectivity index (χ3n) is 3.45. The highest BCUT2D eigenvalue weighted by atomic mass is 16.3. The van der Waals surface area contributed by atoms with Crippen LogP contribution in [0.3, 0.4) is 0 Å². The second-order valence-corrected chi connectivity index (χ2v) is 4.98. The average Bonchev–Trinajstić information content (AvgIpc) is 2.68. The molecule has 0 aliphatic rings. The van der Waals surface area contributed by atoms with Gasteiger partial charge in [0.15, 0.2) is 0 Å². The number of fused-ring (bicyclic) bond motifs is 1. The highest BCUT2D eigenvalue weighted by molar-refractivity contribution is 5.82. The van der Waals surface area contributed by atoms with Crippen LogP contribution in [0.5, 0.6) is 5.75 Å². The first-order valence-electron chi connectivity index (χ1n) is 6.40. The second kappa shape index (κ2) is 4.47. The van der Waals surface area contributed by atoms with Crippen molar-refractivity contribution in [3.63, 3.8) is 0 Å². The third kappa shape index (κ3) is 2.22. The molecular weight excluding hydrogens is 234 g/mol. The Morgan fingerprint density at radius 3 is 2.53 bits per heavy atom. The molecule has 0 aliphatic heterocycles. The van der Waals surface area contributed by atoms with Crippen LogP contribution in [0.25, 0.3) is 10.9 Å². The maximum Gasteiger partial charge on any atom is 0.116 e. The summed E-state index contributed by atoms with van der Waals surface area (Å²) in [6, 6.07) is 17.3. The monoisotopic (exact) mass is 250 g/mol. The summed E-state index contributed by atoms with van der Waals surface area (Å²) in [5.74, 6) is 0.288. The lowest BCUT2D eigenvalue weighted by molar-refractivity contribution is 0.476. The Morgan fingerprint density at radius 2 is 1.79 bits per heavy atom. The van der Waals surface area contributed by atoms with Crippen molar-refractivity contribution >= 4 is 10.9 Å². The number of nitrogens with zero attached hydrogens (tertiary/aromatic N) is 1. The minimum atomic E-state index is 0.288. The summed E-state index contributed by atoms with van der Waals surface area (Å²) in [6.07, 6.45) is 0. The predicted molar refractivity (Wildman–Crippen MR) is 77.5 cm³/mol. The zero-order valence-electron chi connectivity index (χ0n) is 11.1. The Balaban J connectivity index is 2.05. The first kappa shape index (κ1) is 11.8. The molecule has 1 radical (unpaired) electrons. The SMILES string of the molecule is Cc1ccc(Cn2c(C)[c]c3cc(O)ccc32)cc1. The molecule has 0 amide bonds. The Labute approximate surface area is 112 Å². The highest BCUT2D eigenvalue weighted by Crippen LogP contribution is 2.24. The average molecular weight is 250 g/mol. The van der Waals surface area contributed by atoms with E-state index in [2.05, 4.69) is 41.8 Å². The van der Waals surface area contributed by atoms with Gasteiger partial charge in [0, 0.05) is 29.2 Å². The fourth-order valence-electron chi connectivity index (χ4n) is 2.38. The predicted octanol–water partition coefficient (Wildman–Crippen LogP) is 3.81. The highest BCUT2D eigenvalue weighted by Gasteiger charge is 2.07. The summed E-state index contributed by atoms with van der Waals surface area (Å²) in [4.78, 5) is 0. The number of phenols is 1. The molecule has 2 aromatic carbocycles. The van der Waals surface area contributed by atoms with Crippen molar-refractivity contribution in [2.75, 3.05) is 0 Å². The fourth-order valence-corrected chi connectivity index (χ4v) is 2.38. The van der Waals surface area contributed by atoms with Gasteiger partial charge in [-0.05, 0) is 37.6 Å². The van der Waals surface area contributed by atoms with E-state index in [-0.39, 0.29) is 5.75 Å². The second-order valence-electron chi connectivity index (χ2n) is 4.98. The number of rotatable bonds is 2. The first-order chi connectivity index (χ1) is 9.13. The van der Waals surface area contributed by atoms with Crippen LogP contribution in [-0.4, -0.2) is 9.67 Å². The largest absolute Gasteiger partial charge is 0.508 e. The molecule has 2 heteroatoms. The quantitative estimate of drug-likeness (QED) is 0.735. The Morgan fingerprint density at radius 1 is 1.05 bits per heavy atom. The molecule has 0 bridgehead atoms. The standard InChI is InChI=1S/C17H16NO/c1-12-3-5-14(6-4-12)11-18-13(2)9-15-10-16(19)7-8-17(15)18/h3-8,10,19H,11H2,1-2H3. The molecule has 0 unspecified atom stereocenters. The molecule has 0 atom stereocenters. The molecule has 0 aliphatic carbocycles. The summed E-state index contributed by atoms with van der Waals surface area (Å²) in [5, 5.41) is 10.5. The van der Waals surface area contributed by atoms with Gasteiger partial charge in [-0.2, -0.15) is 0 Å². The smallest absolute Gasteiger partial charge is 0.116 e. The zero-order chi connectivity index (χ0) is 13.4. The fraction of sp³-hybridized carbons (Fsp3) is 0.176. The van der Waals surface area contributed by atoms with E-state index in [4.69, 9.17) is 0 Å². The van der Waals surface area contributed by atoms with Gasteiger partial charge in [0.1, 0.15) is 5.75 Å². The van der Waals surface area contributed by atoms with Crippen molar-refractivity contribution in [2.24, 2.45) is 0 Å². The van der Waals surface area contributed by atoms with Crippen LogP contribution >= 0.6 is 0 Å². The van der Waals surface area contributed by atoms with Gasteiger partial charge in [0.2, 0.25) is 0 Å². The lowest BCUT2D eigenvalue weighted by Crippen LogP contribution is -2.01. The van der Waals surface area contributed by atoms with E-state index in [1.165, 1.54) is 11.1 Å². The first-order valence-corrected chi connectivity index (χ1v) is 6.40. The number of aromatic nitrogens is 1. The van der Waals surface area contributed by atoms with Gasteiger partial charge in [-0.15, -0.1) is 0 Å². The molecule has 0 fully saturated rings. The molecule has 3 rings (SSSR count). The van der Waals surface area contributed by atoms with Gasteiger partial charge < -0.3 is 9.67 Å². The van der Waals surface area contributed by atoms with Crippen molar-refractivity contribution in [2.45, 2.75) is 20.4 Å². The molecule has 0 saturated heterocycles. The minimum absolute atomic E-state index is 0.288. The van der Waals surface area contributed by atoms with Crippen LogP contribution in [-0.2, 0) is 6.54 Å². The van der Waals surface area contributed by atoms with Crippen molar-refractivity contribution in [3.8, 4) is 5.75 Å². The molecule has 1 heterocycles. The summed E-state index contributed by atoms with van der Waals surface area (Å²) >= 11 is 0. The van der Waals surface area contributed by atoms with Crippen molar-refractivity contribution in [3.05, 3.63) is 65.4 Å². The van der Waals surface area contributed by atoms with E-state index < -0.39 is 0 Å². The maximum absolute atomic E-state index is 9.52. The van der Waals surface area contributed by atoms with Crippen LogP contribution in [0.2, 0.25) is 0 Å². The number of aromatic hydroxyl groups is 1. The van der Waals surface area contributed by atoms with Crippen LogP contribution in [0.1, 0.15) is 16.8 Å². The molecule has 0 saturated carbocycles. The Hall–Kier alpha value is -2.22. The lowest BCUT2D eigenvalue weighted by atomic mass is 10.1. The lowest BCUT2D eigenvalue weighted by Gasteiger charge is -2.09. The van der Waals surface area contributed by atoms with Gasteiger partial charge >= 0.3 is 0 Å². The van der Waals surface area contributed by atoms with E-state index in [1.807, 2.05) is 13.0 Å². The van der Waals surface area contributed by atoms with E-state index in [9.17, 15) is 5.11 Å². The zero-order valence-corrected chi connectivity index (χ0v) is 11.1. The van der Waals surface area contributed by atoms with Crippen molar-refractivity contribution in [1.29, 1.82) is 0 Å². The number of benzene rings is 2. The molecule has 19 heavy (non-hydrogen) atoms. The summed E-state index contributed by atoms with van der Waals surface area (Å²) < 4.78 is 2.22. The van der Waals surface area contributed by atoms with Gasteiger partial charge in [0.25, 0.3) is 0 Å². The number of hydrogen-bond acceptors (Lipinski definition) is 1. The number of hydrogen-bond donors (Lipinski definition) is 1. The topological polar surface area (TPSA) is 25.2 Å². The van der Waals surface area contributed by atoms with Gasteiger partial charge in [-0.25, -0.2) is 0 Å². The van der Waals surface area contributed by atoms with Crippen molar-refractivity contribution in [1.82, 2.24) is 4.57 Å². The normalized spacial score (nSPS) is 11.1. The Bertz CT molecular complexity index is 723. The summed E-state index contributed by atoms with van der Waals surface area (Å²) in [6.45, 7) is 4.97. The van der Waals surface area contributed by atoms with E-state index >= 15 is 0 Å². The van der Waals surface area contributed by atoms with E-state index in [0.29, 0.717) is 0 Å². The van der Waals surface area contributed by atoms with E-state index in [1.54, 1.807) is 12.1 Å². The summed E-state index contributed by atoms with van der Waals surface area (Å²) in [5.41, 5.74) is 4.74. The van der Waals surface area contributed by atoms with Crippen LogP contribution in [0.15, 0.2) is 42.5 Å². The molecular formula is C17H16NO. The van der Waals surface area contributed by atoms with Gasteiger partial charge in [-0.1, -0.05) is 29.8 Å². The van der Waals surface area contributed by atoms with Crippen molar-refractivity contribution < 1.29 is 5.11 Å². The van der Waals surface area contributed by atoms with Crippen LogP contribution in [0, 0.1) is 19.9 Å². The number of phenolic OH excluding ortho intramolecular Hbond substituents is 1. The van der Waals surface area contributed by atoms with Gasteiger partial charge in [-0.3, -0.25) is 0 Å². The third-order valence-corrected chi connectivity index (χ3v) is 3.45. The van der Waals surface area contributed by atoms with Crippen LogP contribution < -0.4 is 0 Å². The van der Waals surface area contributed by atoms with E-state index in [0.717, 1.165) is 23.1 Å². The minimum Gasteiger partial charge on any atom is -0.508 e. The number of aryl methyl sites for hydroxylation is 2. The molecule has 1 N–H and O–H groups in total. The Kier molecular flexibility index (Phi) is 2.79. The summed E-state index contributed by atoms with van der Waals surface area (Å²) in [7, 11) is 0. The van der Waals surface area contributed by atoms with Crippen LogP contribution in [0.4, 0.5) is 0 Å². The maximum atomic E-state index is 9.52. The molecule has 0 spiro atoms. The molecule has 1 aromatic heterocycles.